The zero-order valence-electron chi connectivity index (χ0n) is 21.3. The number of anilines is 1. The lowest BCUT2D eigenvalue weighted by molar-refractivity contribution is 0.230. The average molecular weight is 504 g/mol. The van der Waals surface area contributed by atoms with Gasteiger partial charge in [0.25, 0.3) is 0 Å². The molecule has 3 N–H and O–H groups in total. The van der Waals surface area contributed by atoms with Crippen LogP contribution in [-0.4, -0.2) is 40.2 Å². The second-order valence-electron chi connectivity index (χ2n) is 9.37. The summed E-state index contributed by atoms with van der Waals surface area (Å²) in [6.07, 6.45) is 0. The van der Waals surface area contributed by atoms with Crippen LogP contribution in [0.2, 0.25) is 0 Å². The van der Waals surface area contributed by atoms with Crippen LogP contribution in [0, 0.1) is 0 Å². The van der Waals surface area contributed by atoms with E-state index in [2.05, 4.69) is 47.8 Å². The Morgan fingerprint density at radius 3 is 1.76 bits per heavy atom. The number of aromatic nitrogens is 1. The highest BCUT2D eigenvalue weighted by Gasteiger charge is 2.16. The Bertz CT molecular complexity index is 1540. The van der Waals surface area contributed by atoms with Crippen LogP contribution in [0.5, 0.6) is 0 Å². The van der Waals surface area contributed by atoms with Crippen molar-refractivity contribution in [1.82, 2.24) is 9.88 Å². The number of amides is 2. The predicted octanol–water partition coefficient (Wildman–Crippen LogP) is 6.31. The van der Waals surface area contributed by atoms with Gasteiger partial charge in [-0.1, -0.05) is 60.7 Å². The van der Waals surface area contributed by atoms with Crippen LogP contribution in [0.3, 0.4) is 0 Å². The third-order valence-corrected chi connectivity index (χ3v) is 6.57. The number of urea groups is 1. The fourth-order valence-electron chi connectivity index (χ4n) is 4.51. The lowest BCUT2D eigenvalue weighted by atomic mass is 9.94. The van der Waals surface area contributed by atoms with Crippen molar-refractivity contribution in [3.8, 4) is 33.5 Å². The van der Waals surface area contributed by atoms with Crippen molar-refractivity contribution in [2.45, 2.75) is 13.2 Å². The first-order chi connectivity index (χ1) is 18.5. The van der Waals surface area contributed by atoms with Crippen LogP contribution in [-0.2, 0) is 13.2 Å². The summed E-state index contributed by atoms with van der Waals surface area (Å²) in [5.74, 6) is 0.391. The highest BCUT2D eigenvalue weighted by molar-refractivity contribution is 6.02. The quantitative estimate of drug-likeness (QED) is 0.253. The summed E-state index contributed by atoms with van der Waals surface area (Å²) >= 11 is 0. The molecular formula is C32H29N3O3. The smallest absolute Gasteiger partial charge is 0.322 e. The van der Waals surface area contributed by atoms with Gasteiger partial charge in [-0.2, -0.15) is 0 Å². The molecule has 0 aliphatic rings. The number of nitrogens with one attached hydrogen (secondary N) is 1. The van der Waals surface area contributed by atoms with Crippen LogP contribution in [0.25, 0.3) is 44.3 Å². The minimum absolute atomic E-state index is 0.204. The Morgan fingerprint density at radius 1 is 0.711 bits per heavy atom. The van der Waals surface area contributed by atoms with E-state index in [1.165, 1.54) is 4.90 Å². The van der Waals surface area contributed by atoms with Gasteiger partial charge in [0, 0.05) is 25.0 Å². The van der Waals surface area contributed by atoms with E-state index in [4.69, 9.17) is 4.98 Å². The Hall–Kier alpha value is -4.52. The molecule has 1 heterocycles. The van der Waals surface area contributed by atoms with Gasteiger partial charge in [-0.15, -0.1) is 0 Å². The van der Waals surface area contributed by atoms with Gasteiger partial charge in [0.05, 0.1) is 18.9 Å². The zero-order chi connectivity index (χ0) is 26.6. The molecule has 0 unspecified atom stereocenters. The molecule has 4 aromatic carbocycles. The fraction of sp³-hybridized carbons (Fsp3) is 0.125. The molecule has 38 heavy (non-hydrogen) atoms. The summed E-state index contributed by atoms with van der Waals surface area (Å²) in [7, 11) is 3.33. The predicted molar refractivity (Wildman–Crippen MR) is 153 cm³/mol. The lowest BCUT2D eigenvalue weighted by Gasteiger charge is -2.17. The van der Waals surface area contributed by atoms with Crippen molar-refractivity contribution >= 4 is 22.6 Å². The Balaban J connectivity index is 1.75. The van der Waals surface area contributed by atoms with Gasteiger partial charge in [0.1, 0.15) is 5.82 Å². The number of benzene rings is 4. The zero-order valence-corrected chi connectivity index (χ0v) is 21.3. The maximum atomic E-state index is 12.6. The normalized spacial score (nSPS) is 10.9. The topological polar surface area (TPSA) is 85.7 Å². The fourth-order valence-corrected chi connectivity index (χ4v) is 4.51. The van der Waals surface area contributed by atoms with Gasteiger partial charge in [-0.25, -0.2) is 9.78 Å². The summed E-state index contributed by atoms with van der Waals surface area (Å²) in [4.78, 5) is 19.0. The van der Waals surface area contributed by atoms with Crippen molar-refractivity contribution in [3.05, 3.63) is 108 Å². The summed E-state index contributed by atoms with van der Waals surface area (Å²) in [6, 6.07) is 32.0. The molecule has 0 fully saturated rings. The monoisotopic (exact) mass is 503 g/mol. The van der Waals surface area contributed by atoms with Crippen LogP contribution < -0.4 is 5.32 Å². The van der Waals surface area contributed by atoms with E-state index in [1.807, 2.05) is 48.5 Å². The van der Waals surface area contributed by atoms with Crippen molar-refractivity contribution < 1.29 is 15.0 Å². The third-order valence-electron chi connectivity index (χ3n) is 6.57. The number of aliphatic hydroxyl groups is 2. The van der Waals surface area contributed by atoms with Crippen LogP contribution >= 0.6 is 0 Å². The molecule has 0 spiro atoms. The SMILES string of the molecule is CN(C)C(=O)Nc1nc(-c2cc(-c3ccccc3)cc(-c3ccccc3)c2)cc2cc(CO)c(CO)cc12. The van der Waals surface area contributed by atoms with Crippen molar-refractivity contribution in [1.29, 1.82) is 0 Å². The molecule has 0 atom stereocenters. The van der Waals surface area contributed by atoms with Gasteiger partial charge < -0.3 is 15.1 Å². The number of carbonyl (C=O) groups excluding carboxylic acids is 1. The van der Waals surface area contributed by atoms with Crippen molar-refractivity contribution in [2.24, 2.45) is 0 Å². The largest absolute Gasteiger partial charge is 0.392 e. The average Bonchev–Trinajstić information content (AvgIpc) is 2.96. The van der Waals surface area contributed by atoms with Crippen LogP contribution in [0.1, 0.15) is 11.1 Å². The van der Waals surface area contributed by atoms with Crippen molar-refractivity contribution in [3.63, 3.8) is 0 Å². The maximum absolute atomic E-state index is 12.6. The van der Waals surface area contributed by atoms with Gasteiger partial charge in [0.15, 0.2) is 0 Å². The molecule has 6 heteroatoms. The Kier molecular flexibility index (Phi) is 7.18. The van der Waals surface area contributed by atoms with Gasteiger partial charge in [-0.3, -0.25) is 5.32 Å². The van der Waals surface area contributed by atoms with E-state index in [0.29, 0.717) is 28.0 Å². The van der Waals surface area contributed by atoms with E-state index < -0.39 is 0 Å². The number of hydrogen-bond donors (Lipinski definition) is 3. The number of nitrogens with zero attached hydrogens (tertiary/aromatic N) is 2. The van der Waals surface area contributed by atoms with E-state index in [0.717, 1.165) is 33.2 Å². The van der Waals surface area contributed by atoms with E-state index in [1.54, 1.807) is 20.2 Å². The van der Waals surface area contributed by atoms with E-state index in [9.17, 15) is 15.0 Å². The first-order valence-electron chi connectivity index (χ1n) is 12.4. The molecule has 190 valence electrons. The molecule has 0 saturated carbocycles. The number of hydrogen-bond acceptors (Lipinski definition) is 4. The summed E-state index contributed by atoms with van der Waals surface area (Å²) in [6.45, 7) is -0.432. The van der Waals surface area contributed by atoms with Gasteiger partial charge >= 0.3 is 6.03 Å². The standard InChI is InChI=1S/C32H29N3O3/c1-35(2)32(38)34-31-29-17-28(20-37)27(19-36)16-25(29)18-30(33-31)26-14-23(21-9-5-3-6-10-21)13-24(15-26)22-11-7-4-8-12-22/h3-18,36-37H,19-20H2,1-2H3,(H,33,34,38). The second kappa shape index (κ2) is 10.8. The third kappa shape index (κ3) is 5.13. The highest BCUT2D eigenvalue weighted by Crippen LogP contribution is 2.35. The molecule has 0 aliphatic heterocycles. The van der Waals surface area contributed by atoms with Crippen LogP contribution in [0.15, 0.2) is 97.1 Å². The van der Waals surface area contributed by atoms with E-state index in [-0.39, 0.29) is 19.2 Å². The molecule has 5 rings (SSSR count). The molecule has 0 aliphatic carbocycles. The minimum Gasteiger partial charge on any atom is -0.392 e. The molecule has 0 bridgehead atoms. The second-order valence-corrected chi connectivity index (χ2v) is 9.37. The summed E-state index contributed by atoms with van der Waals surface area (Å²) < 4.78 is 0. The first kappa shape index (κ1) is 25.1. The number of fused-ring (bicyclic) bond motifs is 1. The number of carbonyl (C=O) groups is 1. The molecule has 6 nitrogen and oxygen atoms in total. The van der Waals surface area contributed by atoms with Gasteiger partial charge in [0.2, 0.25) is 0 Å². The molecular weight excluding hydrogens is 474 g/mol. The number of aliphatic hydroxyl groups excluding tert-OH is 2. The van der Waals surface area contributed by atoms with Crippen molar-refractivity contribution in [2.75, 3.05) is 19.4 Å². The molecule has 1 aromatic heterocycles. The lowest BCUT2D eigenvalue weighted by Crippen LogP contribution is -2.27. The summed E-state index contributed by atoms with van der Waals surface area (Å²) in [5.41, 5.74) is 7.07. The molecule has 0 radical (unpaired) electrons. The molecule has 2 amide bonds. The highest BCUT2D eigenvalue weighted by atomic mass is 16.3. The summed E-state index contributed by atoms with van der Waals surface area (Å²) in [5, 5.41) is 24.2. The van der Waals surface area contributed by atoms with E-state index >= 15 is 0 Å². The van der Waals surface area contributed by atoms with Crippen LogP contribution in [0.4, 0.5) is 10.6 Å². The molecule has 5 aromatic rings. The van der Waals surface area contributed by atoms with Gasteiger partial charge in [-0.05, 0) is 75.2 Å². The number of rotatable bonds is 6. The first-order valence-corrected chi connectivity index (χ1v) is 12.4. The Morgan fingerprint density at radius 2 is 1.24 bits per heavy atom. The Labute approximate surface area is 221 Å². The molecule has 0 saturated heterocycles. The number of pyridine rings is 1. The maximum Gasteiger partial charge on any atom is 0.322 e. The minimum atomic E-state index is -0.309.